The third kappa shape index (κ3) is 8.09. The first kappa shape index (κ1) is 17.2. The number of unbranched alkanes of at least 4 members (excludes halogenated alkanes) is 2. The van der Waals surface area contributed by atoms with Gasteiger partial charge in [0.2, 0.25) is 5.91 Å². The van der Waals surface area contributed by atoms with E-state index in [4.69, 9.17) is 5.11 Å². The molecule has 1 unspecified atom stereocenters. The fourth-order valence-electron chi connectivity index (χ4n) is 1.83. The van der Waals surface area contributed by atoms with Crippen molar-refractivity contribution < 1.29 is 14.7 Å². The summed E-state index contributed by atoms with van der Waals surface area (Å²) in [7, 11) is 0. The predicted octanol–water partition coefficient (Wildman–Crippen LogP) is 1.47. The lowest BCUT2D eigenvalue weighted by atomic mass is 10.1. The molecule has 0 radical (unpaired) electrons. The van der Waals surface area contributed by atoms with Crippen molar-refractivity contribution in [3.63, 3.8) is 0 Å². The van der Waals surface area contributed by atoms with E-state index in [0.717, 1.165) is 19.3 Å². The number of benzene rings is 1. The summed E-state index contributed by atoms with van der Waals surface area (Å²) in [6.45, 7) is 2.55. The molecule has 0 bridgehead atoms. The van der Waals surface area contributed by atoms with Gasteiger partial charge in [-0.05, 0) is 31.9 Å². The molecule has 0 aliphatic heterocycles. The molecule has 5 heteroatoms. The number of amides is 2. The maximum Gasteiger partial charge on any atom is 0.251 e. The van der Waals surface area contributed by atoms with Gasteiger partial charge in [-0.2, -0.15) is 0 Å². The highest BCUT2D eigenvalue weighted by Gasteiger charge is 2.04. The second-order valence-electron chi connectivity index (χ2n) is 5.09. The van der Waals surface area contributed by atoms with Crippen LogP contribution in [0.5, 0.6) is 0 Å². The summed E-state index contributed by atoms with van der Waals surface area (Å²) in [5, 5.41) is 14.5. The van der Waals surface area contributed by atoms with E-state index in [9.17, 15) is 9.59 Å². The molecule has 2 amide bonds. The van der Waals surface area contributed by atoms with E-state index in [0.29, 0.717) is 25.1 Å². The molecule has 1 rings (SSSR count). The highest BCUT2D eigenvalue weighted by molar-refractivity contribution is 5.94. The number of carbonyl (C=O) groups is 2. The van der Waals surface area contributed by atoms with Crippen LogP contribution in [0.3, 0.4) is 0 Å². The molecule has 0 saturated heterocycles. The highest BCUT2D eigenvalue weighted by Crippen LogP contribution is 2.01. The zero-order chi connectivity index (χ0) is 15.5. The minimum absolute atomic E-state index is 0.0378. The number of carbonyl (C=O) groups excluding carboxylic acids is 2. The van der Waals surface area contributed by atoms with Gasteiger partial charge >= 0.3 is 0 Å². The molecule has 21 heavy (non-hydrogen) atoms. The lowest BCUT2D eigenvalue weighted by Gasteiger charge is -2.07. The Morgan fingerprint density at radius 1 is 1.10 bits per heavy atom. The molecule has 0 aliphatic carbocycles. The summed E-state index contributed by atoms with van der Waals surface area (Å²) < 4.78 is 0. The van der Waals surface area contributed by atoms with Gasteiger partial charge in [0.05, 0.1) is 6.10 Å². The zero-order valence-corrected chi connectivity index (χ0v) is 12.5. The molecule has 3 N–H and O–H groups in total. The number of aliphatic hydroxyl groups is 1. The Balaban J connectivity index is 2.02. The third-order valence-corrected chi connectivity index (χ3v) is 3.00. The Labute approximate surface area is 125 Å². The van der Waals surface area contributed by atoms with Crippen LogP contribution in [0.1, 0.15) is 43.0 Å². The number of hydrogen-bond donors (Lipinski definition) is 3. The fourth-order valence-corrected chi connectivity index (χ4v) is 1.83. The van der Waals surface area contributed by atoms with E-state index in [1.54, 1.807) is 19.1 Å². The topological polar surface area (TPSA) is 78.4 Å². The Hall–Kier alpha value is -1.88. The number of aliphatic hydroxyl groups excluding tert-OH is 1. The third-order valence-electron chi connectivity index (χ3n) is 3.00. The van der Waals surface area contributed by atoms with E-state index in [1.165, 1.54) is 0 Å². The molecule has 0 spiro atoms. The van der Waals surface area contributed by atoms with E-state index < -0.39 is 6.10 Å². The van der Waals surface area contributed by atoms with Crippen LogP contribution < -0.4 is 10.6 Å². The average molecular weight is 292 g/mol. The van der Waals surface area contributed by atoms with Crippen LogP contribution in [0.4, 0.5) is 0 Å². The van der Waals surface area contributed by atoms with Crippen molar-refractivity contribution in [2.24, 2.45) is 0 Å². The smallest absolute Gasteiger partial charge is 0.251 e. The Bertz CT molecular complexity index is 432. The Kier molecular flexibility index (Phi) is 8.12. The van der Waals surface area contributed by atoms with Crippen LogP contribution in [0.2, 0.25) is 0 Å². The lowest BCUT2D eigenvalue weighted by Crippen LogP contribution is -2.30. The van der Waals surface area contributed by atoms with Gasteiger partial charge in [-0.1, -0.05) is 24.6 Å². The van der Waals surface area contributed by atoms with E-state index in [1.807, 2.05) is 18.2 Å². The van der Waals surface area contributed by atoms with Crippen LogP contribution in [0.15, 0.2) is 30.3 Å². The molecule has 1 aromatic carbocycles. The number of rotatable bonds is 9. The maximum absolute atomic E-state index is 11.7. The normalized spacial score (nSPS) is 11.7. The Morgan fingerprint density at radius 3 is 2.48 bits per heavy atom. The molecule has 116 valence electrons. The first-order valence-electron chi connectivity index (χ1n) is 7.37. The van der Waals surface area contributed by atoms with Gasteiger partial charge in [-0.15, -0.1) is 0 Å². The summed E-state index contributed by atoms with van der Waals surface area (Å²) in [6.07, 6.45) is 2.47. The van der Waals surface area contributed by atoms with Crippen LogP contribution in [-0.2, 0) is 4.79 Å². The Morgan fingerprint density at radius 2 is 1.81 bits per heavy atom. The van der Waals surface area contributed by atoms with Gasteiger partial charge in [0.25, 0.3) is 5.91 Å². The molecule has 0 aromatic heterocycles. The maximum atomic E-state index is 11.7. The summed E-state index contributed by atoms with van der Waals surface area (Å²) in [6, 6.07) is 9.10. The average Bonchev–Trinajstić information content (AvgIpc) is 2.49. The molecule has 0 heterocycles. The molecule has 0 saturated carbocycles. The predicted molar refractivity (Wildman–Crippen MR) is 81.9 cm³/mol. The molecular weight excluding hydrogens is 268 g/mol. The first-order valence-corrected chi connectivity index (χ1v) is 7.37. The van der Waals surface area contributed by atoms with Crippen LogP contribution in [0, 0.1) is 0 Å². The SMILES string of the molecule is CC(O)CNC(=O)CCCCCNC(=O)c1ccccc1. The minimum Gasteiger partial charge on any atom is -0.392 e. The van der Waals surface area contributed by atoms with Gasteiger partial charge in [0.1, 0.15) is 0 Å². The number of hydrogen-bond acceptors (Lipinski definition) is 3. The van der Waals surface area contributed by atoms with Crippen molar-refractivity contribution in [3.05, 3.63) is 35.9 Å². The quantitative estimate of drug-likeness (QED) is 0.603. The van der Waals surface area contributed by atoms with Crippen molar-refractivity contribution in [1.29, 1.82) is 0 Å². The van der Waals surface area contributed by atoms with Crippen LogP contribution in [0.25, 0.3) is 0 Å². The van der Waals surface area contributed by atoms with Gasteiger partial charge in [0, 0.05) is 25.1 Å². The molecule has 1 atom stereocenters. The van der Waals surface area contributed by atoms with Crippen molar-refractivity contribution >= 4 is 11.8 Å². The molecule has 1 aromatic rings. The van der Waals surface area contributed by atoms with Crippen molar-refractivity contribution in [2.45, 2.75) is 38.7 Å². The minimum atomic E-state index is -0.512. The summed E-state index contributed by atoms with van der Waals surface area (Å²) in [5.74, 6) is -0.102. The lowest BCUT2D eigenvalue weighted by molar-refractivity contribution is -0.121. The second kappa shape index (κ2) is 9.94. The molecule has 5 nitrogen and oxygen atoms in total. The molecule has 0 aliphatic rings. The van der Waals surface area contributed by atoms with Crippen LogP contribution >= 0.6 is 0 Å². The first-order chi connectivity index (χ1) is 10.1. The molecule has 0 fully saturated rings. The van der Waals surface area contributed by atoms with Crippen molar-refractivity contribution in [3.8, 4) is 0 Å². The van der Waals surface area contributed by atoms with E-state index >= 15 is 0 Å². The van der Waals surface area contributed by atoms with E-state index in [-0.39, 0.29) is 11.8 Å². The van der Waals surface area contributed by atoms with Gasteiger partial charge < -0.3 is 15.7 Å². The van der Waals surface area contributed by atoms with Gasteiger partial charge in [-0.25, -0.2) is 0 Å². The van der Waals surface area contributed by atoms with Crippen LogP contribution in [-0.4, -0.2) is 36.1 Å². The van der Waals surface area contributed by atoms with Gasteiger partial charge in [-0.3, -0.25) is 9.59 Å². The van der Waals surface area contributed by atoms with Gasteiger partial charge in [0.15, 0.2) is 0 Å². The summed E-state index contributed by atoms with van der Waals surface area (Å²) >= 11 is 0. The highest BCUT2D eigenvalue weighted by atomic mass is 16.3. The zero-order valence-electron chi connectivity index (χ0n) is 12.5. The van der Waals surface area contributed by atoms with Crippen molar-refractivity contribution in [1.82, 2.24) is 10.6 Å². The fraction of sp³-hybridized carbons (Fsp3) is 0.500. The summed E-state index contributed by atoms with van der Waals surface area (Å²) in [5.41, 5.74) is 0.662. The molecular formula is C16H24N2O3. The van der Waals surface area contributed by atoms with E-state index in [2.05, 4.69) is 10.6 Å². The number of nitrogens with one attached hydrogen (secondary N) is 2. The largest absolute Gasteiger partial charge is 0.392 e. The van der Waals surface area contributed by atoms with Crippen molar-refractivity contribution in [2.75, 3.05) is 13.1 Å². The summed E-state index contributed by atoms with van der Waals surface area (Å²) in [4.78, 5) is 23.1. The second-order valence-corrected chi connectivity index (χ2v) is 5.09. The monoisotopic (exact) mass is 292 g/mol. The standard InChI is InChI=1S/C16H24N2O3/c1-13(19)12-18-15(20)10-6-3-7-11-17-16(21)14-8-4-2-5-9-14/h2,4-5,8-9,13,19H,3,6-7,10-12H2,1H3,(H,17,21)(H,18,20).